The maximum absolute atomic E-state index is 13.4. The average molecular weight is 671 g/mol. The lowest BCUT2D eigenvalue weighted by atomic mass is 9.68. The number of aliphatic hydroxyl groups excluding tert-OH is 1. The molecule has 14 heteroatoms. The smallest absolute Gasteiger partial charge is 0.353 e. The van der Waals surface area contributed by atoms with Crippen molar-refractivity contribution in [2.45, 2.75) is 87.8 Å². The monoisotopic (exact) mass is 670 g/mol. The number of fused-ring (bicyclic) bond motifs is 3. The molecule has 1 unspecified atom stereocenters. The summed E-state index contributed by atoms with van der Waals surface area (Å²) in [6.45, 7) is 0. The number of aromatic nitrogens is 1. The fourth-order valence-electron chi connectivity index (χ4n) is 7.24. The summed E-state index contributed by atoms with van der Waals surface area (Å²) in [6, 6.07) is 1.43. The Bertz CT molecular complexity index is 1430. The molecule has 1 aromatic heterocycles. The Morgan fingerprint density at radius 2 is 1.70 bits per heavy atom. The molecule has 1 aromatic rings. The number of esters is 1. The van der Waals surface area contributed by atoms with E-state index in [4.69, 9.17) is 20.7 Å². The van der Waals surface area contributed by atoms with Crippen LogP contribution in [0.4, 0.5) is 0 Å². The van der Waals surface area contributed by atoms with Crippen molar-refractivity contribution in [2.24, 2.45) is 29.4 Å². The van der Waals surface area contributed by atoms with Crippen LogP contribution < -0.4 is 16.4 Å². The maximum atomic E-state index is 13.4. The van der Waals surface area contributed by atoms with E-state index < -0.39 is 48.0 Å². The Kier molecular flexibility index (Phi) is 11.4. The molecule has 5 aliphatic rings. The number of nitrogens with one attached hydrogen (secondary N) is 2. The van der Waals surface area contributed by atoms with E-state index in [1.54, 1.807) is 12.4 Å². The van der Waals surface area contributed by atoms with E-state index in [-0.39, 0.29) is 35.7 Å². The van der Waals surface area contributed by atoms with Gasteiger partial charge in [0.2, 0.25) is 18.0 Å². The number of pyridine rings is 1. The lowest BCUT2D eigenvalue weighted by Crippen LogP contribution is -2.53. The molecule has 13 nitrogen and oxygen atoms in total. The third kappa shape index (κ3) is 8.79. The number of aliphatic carboxylic acids is 2. The normalized spacial score (nSPS) is 27.1. The Balaban J connectivity index is 1.39. The predicted octanol–water partition coefficient (Wildman–Crippen LogP) is 1.90. The Morgan fingerprint density at radius 1 is 1.02 bits per heavy atom. The van der Waals surface area contributed by atoms with Crippen molar-refractivity contribution in [2.75, 3.05) is 5.75 Å². The van der Waals surface area contributed by atoms with Gasteiger partial charge in [-0.15, -0.1) is 11.8 Å². The number of thioether (sulfide) groups is 1. The minimum Gasteiger partial charge on any atom is -0.480 e. The van der Waals surface area contributed by atoms with E-state index in [1.807, 2.05) is 23.5 Å². The molecule has 2 bridgehead atoms. The van der Waals surface area contributed by atoms with E-state index in [1.165, 1.54) is 17.3 Å². The van der Waals surface area contributed by atoms with Crippen LogP contribution in [-0.4, -0.2) is 79.3 Å². The standard InChI is InChI=1S/C33H42N4O9S/c34-23(31(41)42)5-6-26(38)36-24(29(39)37-30(40)32(43)44)16-47-25-15-18-3-1-17(2-4-18)12-21-13-20(11-19-7-9-35-10-8-19)14-22-27(21)28(25)46-33(22)45/h7-10,14,17-18,21-25,30,40H,1-6,11-13,15-16,34H2,(H,36,38)(H,37,39)(H,41,42)(H,43,44)/t17?,18?,21?,22-,23-,24-,25+,30-/m0/s1. The molecule has 6 atom stereocenters. The van der Waals surface area contributed by atoms with E-state index in [0.29, 0.717) is 24.0 Å². The van der Waals surface area contributed by atoms with Gasteiger partial charge in [0, 0.05) is 24.6 Å². The summed E-state index contributed by atoms with van der Waals surface area (Å²) in [4.78, 5) is 65.7. The fraction of sp³-hybridized carbons (Fsp3) is 0.576. The SMILES string of the molecule is N[C@@H](CCC(=O)N[C@@H](CS[C@@H]1CC2CCC(CC2)CC2CC(Cc3ccncc3)=C[C@@H]3C(=O)OC1=C23)C(=O)N[C@@H](O)C(=O)O)C(=O)O. The first-order valence-electron chi connectivity index (χ1n) is 16.1. The van der Waals surface area contributed by atoms with Gasteiger partial charge in [-0.05, 0) is 73.1 Å². The number of allylic oxidation sites excluding steroid dienone is 1. The van der Waals surface area contributed by atoms with Crippen molar-refractivity contribution in [3.05, 3.63) is 53.1 Å². The second-order valence-electron chi connectivity index (χ2n) is 13.0. The fourth-order valence-corrected chi connectivity index (χ4v) is 8.64. The number of rotatable bonds is 13. The minimum absolute atomic E-state index is 0.0122. The van der Waals surface area contributed by atoms with Gasteiger partial charge in [-0.1, -0.05) is 37.3 Å². The van der Waals surface area contributed by atoms with Crippen molar-refractivity contribution in [1.82, 2.24) is 15.6 Å². The van der Waals surface area contributed by atoms with E-state index in [0.717, 1.165) is 56.1 Å². The van der Waals surface area contributed by atoms with Crippen LogP contribution in [-0.2, 0) is 35.1 Å². The average Bonchev–Trinajstić information content (AvgIpc) is 3.38. The number of ether oxygens (including phenoxy) is 1. The third-order valence-electron chi connectivity index (χ3n) is 9.67. The van der Waals surface area contributed by atoms with Crippen molar-refractivity contribution in [3.63, 3.8) is 0 Å². The number of carbonyl (C=O) groups excluding carboxylic acids is 3. The first kappa shape index (κ1) is 34.6. The molecule has 1 aliphatic heterocycles. The molecule has 254 valence electrons. The predicted molar refractivity (Wildman–Crippen MR) is 170 cm³/mol. The van der Waals surface area contributed by atoms with Crippen molar-refractivity contribution < 1.29 is 44.0 Å². The van der Waals surface area contributed by atoms with Crippen LogP contribution in [0.2, 0.25) is 0 Å². The van der Waals surface area contributed by atoms with Crippen LogP contribution in [0.1, 0.15) is 63.4 Å². The summed E-state index contributed by atoms with van der Waals surface area (Å²) in [6.07, 6.45) is 10.5. The Hall–Kier alpha value is -3.75. The minimum atomic E-state index is -2.19. The molecule has 1 fully saturated rings. The van der Waals surface area contributed by atoms with Crippen LogP contribution in [0.15, 0.2) is 47.5 Å². The first-order chi connectivity index (χ1) is 22.5. The number of carboxylic acid groups (broad SMARTS) is 2. The molecule has 0 radical (unpaired) electrons. The lowest BCUT2D eigenvalue weighted by Gasteiger charge is -2.37. The largest absolute Gasteiger partial charge is 0.480 e. The highest BCUT2D eigenvalue weighted by atomic mass is 32.2. The molecule has 6 rings (SSSR count). The van der Waals surface area contributed by atoms with Crippen LogP contribution in [0.5, 0.6) is 0 Å². The van der Waals surface area contributed by atoms with Crippen molar-refractivity contribution in [1.29, 1.82) is 0 Å². The number of nitrogens with zero attached hydrogens (tertiary/aromatic N) is 1. The number of aliphatic hydroxyl groups is 1. The Morgan fingerprint density at radius 3 is 2.36 bits per heavy atom. The lowest BCUT2D eigenvalue weighted by molar-refractivity contribution is -0.151. The van der Waals surface area contributed by atoms with Crippen LogP contribution in [0.3, 0.4) is 0 Å². The number of hydrogen-bond acceptors (Lipinski definition) is 10. The van der Waals surface area contributed by atoms with Gasteiger partial charge < -0.3 is 36.4 Å². The topological polar surface area (TPSA) is 218 Å². The van der Waals surface area contributed by atoms with Gasteiger partial charge in [0.25, 0.3) is 0 Å². The first-order valence-corrected chi connectivity index (χ1v) is 17.2. The van der Waals surface area contributed by atoms with E-state index in [2.05, 4.69) is 10.3 Å². The van der Waals surface area contributed by atoms with Gasteiger partial charge in [0.1, 0.15) is 23.8 Å². The van der Waals surface area contributed by atoms with Gasteiger partial charge in [0.15, 0.2) is 0 Å². The quantitative estimate of drug-likeness (QED) is 0.101. The van der Waals surface area contributed by atoms with Crippen molar-refractivity contribution >= 4 is 41.5 Å². The number of amides is 2. The van der Waals surface area contributed by atoms with E-state index in [9.17, 15) is 29.1 Å². The summed E-state index contributed by atoms with van der Waals surface area (Å²) in [7, 11) is 0. The summed E-state index contributed by atoms with van der Waals surface area (Å²) >= 11 is 1.35. The molecule has 2 heterocycles. The highest BCUT2D eigenvalue weighted by molar-refractivity contribution is 8.00. The highest BCUT2D eigenvalue weighted by Gasteiger charge is 2.46. The molecule has 47 heavy (non-hydrogen) atoms. The zero-order valence-corrected chi connectivity index (χ0v) is 26.8. The highest BCUT2D eigenvalue weighted by Crippen LogP contribution is 2.51. The second-order valence-corrected chi connectivity index (χ2v) is 14.2. The molecule has 2 amide bonds. The molecule has 0 spiro atoms. The zero-order chi connectivity index (χ0) is 33.7. The number of hydrogen-bond donors (Lipinski definition) is 6. The summed E-state index contributed by atoms with van der Waals surface area (Å²) in [5.74, 6) is -3.58. The van der Waals surface area contributed by atoms with Gasteiger partial charge in [-0.3, -0.25) is 24.2 Å². The molecular formula is C33H42N4O9S. The van der Waals surface area contributed by atoms with Crippen LogP contribution in [0, 0.1) is 23.7 Å². The summed E-state index contributed by atoms with van der Waals surface area (Å²) in [5.41, 5.74) is 8.86. The molecule has 7 N–H and O–H groups in total. The number of carbonyl (C=O) groups is 5. The molecule has 4 aliphatic carbocycles. The van der Waals surface area contributed by atoms with Gasteiger partial charge in [-0.25, -0.2) is 4.79 Å². The number of carboxylic acids is 2. The number of nitrogens with two attached hydrogens (primary N) is 1. The van der Waals surface area contributed by atoms with Gasteiger partial charge >= 0.3 is 17.9 Å². The molecule has 0 aromatic carbocycles. The maximum Gasteiger partial charge on any atom is 0.353 e. The summed E-state index contributed by atoms with van der Waals surface area (Å²) in [5, 5.41) is 32.2. The van der Waals surface area contributed by atoms with Crippen LogP contribution >= 0.6 is 11.8 Å². The molecular weight excluding hydrogens is 628 g/mol. The van der Waals surface area contributed by atoms with Crippen LogP contribution in [0.25, 0.3) is 0 Å². The second kappa shape index (κ2) is 15.4. The molecule has 0 saturated heterocycles. The van der Waals surface area contributed by atoms with Gasteiger partial charge in [-0.2, -0.15) is 0 Å². The summed E-state index contributed by atoms with van der Waals surface area (Å²) < 4.78 is 6.08. The van der Waals surface area contributed by atoms with Crippen molar-refractivity contribution in [3.8, 4) is 0 Å². The zero-order valence-electron chi connectivity index (χ0n) is 26.0. The third-order valence-corrected chi connectivity index (χ3v) is 11.0. The van der Waals surface area contributed by atoms with E-state index >= 15 is 0 Å². The van der Waals surface area contributed by atoms with Gasteiger partial charge in [0.05, 0.1) is 5.25 Å². The molecule has 1 saturated carbocycles. The Labute approximate surface area is 276 Å².